The van der Waals surface area contributed by atoms with Crippen molar-refractivity contribution in [3.8, 4) is 0 Å². The van der Waals surface area contributed by atoms with Gasteiger partial charge in [-0.05, 0) is 51.1 Å². The maximum absolute atomic E-state index is 12.2. The van der Waals surface area contributed by atoms with E-state index in [1.165, 1.54) is 0 Å². The van der Waals surface area contributed by atoms with E-state index in [4.69, 9.17) is 4.74 Å². The summed E-state index contributed by atoms with van der Waals surface area (Å²) in [6, 6.07) is 0. The Morgan fingerprint density at radius 3 is 2.62 bits per heavy atom. The minimum absolute atomic E-state index is 0.235. The molecule has 2 rings (SSSR count). The molecule has 1 atom stereocenters. The Labute approximate surface area is 128 Å². The van der Waals surface area contributed by atoms with Crippen LogP contribution in [0.3, 0.4) is 0 Å². The maximum Gasteiger partial charge on any atom is 0.279 e. The Bertz CT molecular complexity index is 388. The first-order chi connectivity index (χ1) is 10.1. The Hall–Kier alpha value is -0.210. The van der Waals surface area contributed by atoms with Crippen molar-refractivity contribution in [3.63, 3.8) is 0 Å². The molecule has 0 bridgehead atoms. The van der Waals surface area contributed by atoms with Crippen molar-refractivity contribution in [2.24, 2.45) is 5.92 Å². The predicted molar refractivity (Wildman–Crippen MR) is 83.4 cm³/mol. The molecular weight excluding hydrogens is 290 g/mol. The predicted octanol–water partition coefficient (Wildman–Crippen LogP) is 0.711. The van der Waals surface area contributed by atoms with Crippen LogP contribution in [0.25, 0.3) is 0 Å². The third-order valence-corrected chi connectivity index (χ3v) is 5.99. The molecule has 0 aromatic rings. The molecule has 0 amide bonds. The highest BCUT2D eigenvalue weighted by molar-refractivity contribution is 7.87. The maximum atomic E-state index is 12.2. The molecule has 21 heavy (non-hydrogen) atoms. The van der Waals surface area contributed by atoms with Crippen molar-refractivity contribution in [2.75, 3.05) is 39.3 Å². The van der Waals surface area contributed by atoms with E-state index in [1.807, 2.05) is 0 Å². The molecule has 2 heterocycles. The van der Waals surface area contributed by atoms with Gasteiger partial charge in [-0.1, -0.05) is 6.92 Å². The summed E-state index contributed by atoms with van der Waals surface area (Å²) >= 11 is 0. The highest BCUT2D eigenvalue weighted by Gasteiger charge is 2.27. The first kappa shape index (κ1) is 17.1. The van der Waals surface area contributed by atoms with Crippen LogP contribution in [0.5, 0.6) is 0 Å². The van der Waals surface area contributed by atoms with Crippen LogP contribution in [0.2, 0.25) is 0 Å². The number of ether oxygens (including phenoxy) is 1. The van der Waals surface area contributed by atoms with Crippen LogP contribution in [0.15, 0.2) is 0 Å². The van der Waals surface area contributed by atoms with E-state index in [9.17, 15) is 8.42 Å². The van der Waals surface area contributed by atoms with Crippen LogP contribution >= 0.6 is 0 Å². The average Bonchev–Trinajstić information content (AvgIpc) is 2.98. The second kappa shape index (κ2) is 8.43. The fraction of sp³-hybridized carbons (Fsp3) is 1.00. The molecule has 0 radical (unpaired) electrons. The minimum Gasteiger partial charge on any atom is -0.378 e. The first-order valence-corrected chi connectivity index (χ1v) is 9.63. The number of nitrogens with zero attached hydrogens (tertiary/aromatic N) is 1. The molecule has 0 aromatic heterocycles. The van der Waals surface area contributed by atoms with Gasteiger partial charge in [0.05, 0.1) is 6.10 Å². The van der Waals surface area contributed by atoms with Gasteiger partial charge in [0.1, 0.15) is 0 Å². The normalized spacial score (nSPS) is 25.5. The smallest absolute Gasteiger partial charge is 0.279 e. The van der Waals surface area contributed by atoms with Crippen molar-refractivity contribution in [1.29, 1.82) is 0 Å². The fourth-order valence-electron chi connectivity index (χ4n) is 3.01. The zero-order valence-electron chi connectivity index (χ0n) is 13.0. The second-order valence-corrected chi connectivity index (χ2v) is 7.73. The standard InChI is InChI=1S/C14H29N3O3S/c1-2-15-12-13-6-9-17(10-7-13)21(18,19)16-8-5-14-4-3-11-20-14/h13-16H,2-12H2,1H3. The monoisotopic (exact) mass is 319 g/mol. The number of hydrogen-bond acceptors (Lipinski definition) is 4. The molecular formula is C14H29N3O3S. The van der Waals surface area contributed by atoms with Gasteiger partial charge in [-0.3, -0.25) is 0 Å². The van der Waals surface area contributed by atoms with Crippen LogP contribution in [0.4, 0.5) is 0 Å². The van der Waals surface area contributed by atoms with Gasteiger partial charge in [-0.25, -0.2) is 4.72 Å². The summed E-state index contributed by atoms with van der Waals surface area (Å²) in [5.41, 5.74) is 0. The van der Waals surface area contributed by atoms with E-state index in [2.05, 4.69) is 17.0 Å². The summed E-state index contributed by atoms with van der Waals surface area (Å²) in [7, 11) is -3.31. The molecule has 6 nitrogen and oxygen atoms in total. The molecule has 2 aliphatic heterocycles. The fourth-order valence-corrected chi connectivity index (χ4v) is 4.26. The zero-order chi connectivity index (χ0) is 15.1. The van der Waals surface area contributed by atoms with Crippen LogP contribution in [-0.2, 0) is 14.9 Å². The topological polar surface area (TPSA) is 70.7 Å². The lowest BCUT2D eigenvalue weighted by Gasteiger charge is -2.31. The third kappa shape index (κ3) is 5.49. The largest absolute Gasteiger partial charge is 0.378 e. The van der Waals surface area contributed by atoms with Gasteiger partial charge in [0.25, 0.3) is 10.2 Å². The van der Waals surface area contributed by atoms with E-state index in [-0.39, 0.29) is 6.10 Å². The lowest BCUT2D eigenvalue weighted by Crippen LogP contribution is -2.46. The van der Waals surface area contributed by atoms with Crippen LogP contribution in [0.1, 0.15) is 39.0 Å². The van der Waals surface area contributed by atoms with Crippen LogP contribution in [-0.4, -0.2) is 58.2 Å². The van der Waals surface area contributed by atoms with Gasteiger partial charge >= 0.3 is 0 Å². The Morgan fingerprint density at radius 1 is 1.24 bits per heavy atom. The molecule has 2 fully saturated rings. The summed E-state index contributed by atoms with van der Waals surface area (Å²) in [5, 5.41) is 3.34. The minimum atomic E-state index is -3.31. The van der Waals surface area contributed by atoms with Crippen molar-refractivity contribution in [3.05, 3.63) is 0 Å². The molecule has 2 aliphatic rings. The molecule has 1 unspecified atom stereocenters. The quantitative estimate of drug-likeness (QED) is 0.691. The van der Waals surface area contributed by atoms with Crippen LogP contribution < -0.4 is 10.0 Å². The van der Waals surface area contributed by atoms with Gasteiger partial charge in [0.15, 0.2) is 0 Å². The van der Waals surface area contributed by atoms with Crippen molar-refractivity contribution in [1.82, 2.24) is 14.3 Å². The Kier molecular flexibility index (Phi) is 6.88. The summed E-state index contributed by atoms with van der Waals surface area (Å²) in [4.78, 5) is 0. The first-order valence-electron chi connectivity index (χ1n) is 8.19. The molecule has 0 aromatic carbocycles. The van der Waals surface area contributed by atoms with Gasteiger partial charge in [-0.15, -0.1) is 0 Å². The number of rotatable bonds is 8. The van der Waals surface area contributed by atoms with Crippen molar-refractivity contribution in [2.45, 2.75) is 45.1 Å². The summed E-state index contributed by atoms with van der Waals surface area (Å²) in [6.07, 6.45) is 5.04. The summed E-state index contributed by atoms with van der Waals surface area (Å²) < 4.78 is 34.3. The van der Waals surface area contributed by atoms with E-state index in [0.29, 0.717) is 25.6 Å². The van der Waals surface area contributed by atoms with Gasteiger partial charge in [-0.2, -0.15) is 12.7 Å². The van der Waals surface area contributed by atoms with Gasteiger partial charge in [0.2, 0.25) is 0 Å². The molecule has 0 saturated carbocycles. The van der Waals surface area contributed by atoms with Gasteiger partial charge in [0, 0.05) is 26.2 Å². The molecule has 2 saturated heterocycles. The molecule has 0 spiro atoms. The van der Waals surface area contributed by atoms with E-state index in [0.717, 1.165) is 51.8 Å². The Balaban J connectivity index is 1.68. The molecule has 2 N–H and O–H groups in total. The van der Waals surface area contributed by atoms with Gasteiger partial charge < -0.3 is 10.1 Å². The lowest BCUT2D eigenvalue weighted by atomic mass is 9.98. The van der Waals surface area contributed by atoms with Crippen molar-refractivity contribution >= 4 is 10.2 Å². The molecule has 7 heteroatoms. The lowest BCUT2D eigenvalue weighted by molar-refractivity contribution is 0.105. The molecule has 124 valence electrons. The highest BCUT2D eigenvalue weighted by atomic mass is 32.2. The second-order valence-electron chi connectivity index (χ2n) is 5.97. The summed E-state index contributed by atoms with van der Waals surface area (Å²) in [5.74, 6) is 0.600. The third-order valence-electron chi connectivity index (χ3n) is 4.37. The average molecular weight is 319 g/mol. The zero-order valence-corrected chi connectivity index (χ0v) is 13.8. The van der Waals surface area contributed by atoms with E-state index < -0.39 is 10.2 Å². The Morgan fingerprint density at radius 2 is 2.00 bits per heavy atom. The van der Waals surface area contributed by atoms with E-state index in [1.54, 1.807) is 4.31 Å². The number of nitrogens with one attached hydrogen (secondary N) is 2. The number of hydrogen-bond donors (Lipinski definition) is 2. The number of piperidine rings is 1. The summed E-state index contributed by atoms with van der Waals surface area (Å²) in [6.45, 7) is 6.62. The van der Waals surface area contributed by atoms with E-state index >= 15 is 0 Å². The van der Waals surface area contributed by atoms with Crippen LogP contribution in [0, 0.1) is 5.92 Å². The van der Waals surface area contributed by atoms with Crippen molar-refractivity contribution < 1.29 is 13.2 Å². The molecule has 0 aliphatic carbocycles. The highest BCUT2D eigenvalue weighted by Crippen LogP contribution is 2.19. The SMILES string of the molecule is CCNCC1CCN(S(=O)(=O)NCCC2CCCO2)CC1.